The van der Waals surface area contributed by atoms with E-state index in [1.807, 2.05) is 28.9 Å². The average Bonchev–Trinajstić information content (AvgIpc) is 3.56. The van der Waals surface area contributed by atoms with E-state index in [2.05, 4.69) is 75.3 Å². The topological polar surface area (TPSA) is 90.2 Å². The smallest absolute Gasteiger partial charge is 0.303 e. The number of hydrogen-bond acceptors (Lipinski definition) is 5. The van der Waals surface area contributed by atoms with Crippen LogP contribution in [-0.2, 0) is 16.1 Å². The molecule has 4 heterocycles. The number of pyridine rings is 1. The lowest BCUT2D eigenvalue weighted by Crippen LogP contribution is -2.41. The third kappa shape index (κ3) is 7.78. The zero-order valence-electron chi connectivity index (χ0n) is 26.8. The molecule has 1 amide bonds. The number of amides is 1. The van der Waals surface area contributed by atoms with Crippen molar-refractivity contribution in [1.29, 1.82) is 0 Å². The molecule has 2 saturated heterocycles. The number of hydrogen-bond donors (Lipinski definition) is 2. The van der Waals surface area contributed by atoms with Crippen molar-refractivity contribution in [1.82, 2.24) is 24.5 Å². The maximum atomic E-state index is 13.0. The highest BCUT2D eigenvalue weighted by atomic mass is 16.4. The summed E-state index contributed by atoms with van der Waals surface area (Å²) >= 11 is 0. The van der Waals surface area contributed by atoms with E-state index in [-0.39, 0.29) is 24.3 Å². The lowest BCUT2D eigenvalue weighted by Gasteiger charge is -2.36. The summed E-state index contributed by atoms with van der Waals surface area (Å²) in [5, 5.41) is 14.5. The Labute approximate surface area is 271 Å². The van der Waals surface area contributed by atoms with Crippen LogP contribution in [0, 0.1) is 23.7 Å². The lowest BCUT2D eigenvalue weighted by atomic mass is 9.91. The van der Waals surface area contributed by atoms with Crippen LogP contribution >= 0.6 is 0 Å². The van der Waals surface area contributed by atoms with Gasteiger partial charge in [0.05, 0.1) is 18.0 Å². The number of aliphatic carboxylic acids is 1. The van der Waals surface area contributed by atoms with Crippen molar-refractivity contribution < 1.29 is 14.7 Å². The molecule has 2 aromatic carbocycles. The van der Waals surface area contributed by atoms with Crippen molar-refractivity contribution in [2.75, 3.05) is 32.7 Å². The van der Waals surface area contributed by atoms with E-state index in [0.717, 1.165) is 87.9 Å². The minimum atomic E-state index is -0.706. The molecule has 8 nitrogen and oxygen atoms in total. The molecular weight excluding hydrogens is 574 g/mol. The number of nitrogens with one attached hydrogen (secondary N) is 1. The number of carboxylic acids is 1. The van der Waals surface area contributed by atoms with E-state index in [9.17, 15) is 9.59 Å². The van der Waals surface area contributed by atoms with E-state index < -0.39 is 5.97 Å². The number of rotatable bonds is 10. The van der Waals surface area contributed by atoms with Gasteiger partial charge in [0.2, 0.25) is 5.91 Å². The van der Waals surface area contributed by atoms with Gasteiger partial charge in [-0.15, -0.1) is 0 Å². The van der Waals surface area contributed by atoms with Crippen molar-refractivity contribution in [3.63, 3.8) is 0 Å². The summed E-state index contributed by atoms with van der Waals surface area (Å²) in [6, 6.07) is 17.4. The Hall–Kier alpha value is -4.19. The molecule has 0 saturated carbocycles. The normalized spacial score (nSPS) is 17.5. The van der Waals surface area contributed by atoms with Crippen LogP contribution in [0.25, 0.3) is 16.3 Å². The summed E-state index contributed by atoms with van der Waals surface area (Å²) in [4.78, 5) is 32.9. The molecule has 2 aliphatic heterocycles. The monoisotopic (exact) mass is 619 g/mol. The second-order valence-electron chi connectivity index (χ2n) is 13.0. The molecule has 8 heteroatoms. The fourth-order valence-electron chi connectivity index (χ4n) is 7.04. The predicted octanol–water partition coefficient (Wildman–Crippen LogP) is 5.90. The van der Waals surface area contributed by atoms with E-state index in [1.54, 1.807) is 6.33 Å². The predicted molar refractivity (Wildman–Crippen MR) is 181 cm³/mol. The quantitative estimate of drug-likeness (QED) is 0.170. The average molecular weight is 620 g/mol. The van der Waals surface area contributed by atoms with Gasteiger partial charge in [0.1, 0.15) is 0 Å². The molecule has 2 aliphatic rings. The van der Waals surface area contributed by atoms with Crippen molar-refractivity contribution in [2.24, 2.45) is 11.8 Å². The van der Waals surface area contributed by atoms with Gasteiger partial charge in [-0.3, -0.25) is 14.5 Å². The first-order valence-corrected chi connectivity index (χ1v) is 16.8. The van der Waals surface area contributed by atoms with Gasteiger partial charge in [0.15, 0.2) is 0 Å². The maximum absolute atomic E-state index is 13.0. The Morgan fingerprint density at radius 2 is 1.76 bits per heavy atom. The molecule has 0 spiro atoms. The van der Waals surface area contributed by atoms with E-state index in [1.165, 1.54) is 16.3 Å². The molecule has 0 bridgehead atoms. The highest BCUT2D eigenvalue weighted by Gasteiger charge is 2.28. The van der Waals surface area contributed by atoms with Gasteiger partial charge in [-0.2, -0.15) is 0 Å². The van der Waals surface area contributed by atoms with Crippen LogP contribution in [0.5, 0.6) is 0 Å². The number of unbranched alkanes of at least 4 members (excludes halogenated alkanes) is 1. The number of imidazole rings is 1. The first-order chi connectivity index (χ1) is 22.4. The van der Waals surface area contributed by atoms with Crippen molar-refractivity contribution in [3.8, 4) is 11.8 Å². The van der Waals surface area contributed by atoms with Gasteiger partial charge in [0, 0.05) is 42.6 Å². The van der Waals surface area contributed by atoms with Crippen LogP contribution in [0.1, 0.15) is 74.6 Å². The van der Waals surface area contributed by atoms with Crippen LogP contribution in [-0.4, -0.2) is 68.9 Å². The molecule has 240 valence electrons. The number of piperidine rings is 2. The first-order valence-electron chi connectivity index (χ1n) is 16.8. The molecule has 2 N–H and O–H groups in total. The summed E-state index contributed by atoms with van der Waals surface area (Å²) in [6.45, 7) is 7.65. The molecule has 1 atom stereocenters. The number of likely N-dealkylation sites (tertiary alicyclic amines) is 2. The molecular formula is C38H45N5O3. The number of carbonyl (C=O) groups excluding carboxylic acids is 1. The maximum Gasteiger partial charge on any atom is 0.303 e. The molecule has 4 aromatic rings. The van der Waals surface area contributed by atoms with Gasteiger partial charge in [0.25, 0.3) is 0 Å². The molecule has 2 aromatic heterocycles. The lowest BCUT2D eigenvalue weighted by molar-refractivity contribution is -0.137. The van der Waals surface area contributed by atoms with Gasteiger partial charge in [-0.1, -0.05) is 48.2 Å². The SMILES string of the molecule is CC(c1ccc(C#CC2CCN(CCCCC(=O)O)CC2)c2ccccc12)N1CCC(C(=O)NCc2ccc3cncn3c2)CC1. The number of nitrogens with zero attached hydrogens (tertiary/aromatic N) is 4. The largest absolute Gasteiger partial charge is 0.481 e. The minimum absolute atomic E-state index is 0.0404. The van der Waals surface area contributed by atoms with Crippen LogP contribution in [0.3, 0.4) is 0 Å². The van der Waals surface area contributed by atoms with Gasteiger partial charge in [-0.05, 0) is 112 Å². The van der Waals surface area contributed by atoms with Gasteiger partial charge in [-0.25, -0.2) is 4.98 Å². The standard InChI is InChI=1S/C38H45N5O3/c1-28(42-22-17-32(18-23-42)38(46)40-24-30-10-13-33-25-39-27-43(33)26-30)34-14-12-31(35-6-2-3-7-36(34)35)11-9-29-15-20-41(21-16-29)19-5-4-8-37(44)45/h2-3,6-7,10,12-14,25-29,32H,4-5,8,15-24H2,1H3,(H,40,46)(H,44,45). The summed E-state index contributed by atoms with van der Waals surface area (Å²) < 4.78 is 1.98. The summed E-state index contributed by atoms with van der Waals surface area (Å²) in [5.74, 6) is 6.99. The number of benzene rings is 2. The van der Waals surface area contributed by atoms with Gasteiger partial charge < -0.3 is 19.7 Å². The Bertz CT molecular complexity index is 1720. The summed E-state index contributed by atoms with van der Waals surface area (Å²) in [5.41, 5.74) is 4.51. The second kappa shape index (κ2) is 14.9. The van der Waals surface area contributed by atoms with E-state index >= 15 is 0 Å². The Morgan fingerprint density at radius 3 is 2.54 bits per heavy atom. The number of carbonyl (C=O) groups is 2. The Kier molecular flexibility index (Phi) is 10.3. The number of fused-ring (bicyclic) bond motifs is 2. The van der Waals surface area contributed by atoms with E-state index in [0.29, 0.717) is 12.5 Å². The number of aromatic nitrogens is 2. The molecule has 46 heavy (non-hydrogen) atoms. The highest BCUT2D eigenvalue weighted by Crippen LogP contribution is 2.33. The van der Waals surface area contributed by atoms with Crippen LogP contribution in [0.4, 0.5) is 0 Å². The molecule has 1 unspecified atom stereocenters. The third-order valence-electron chi connectivity index (χ3n) is 9.91. The Balaban J connectivity index is 1.02. The van der Waals surface area contributed by atoms with Gasteiger partial charge >= 0.3 is 5.97 Å². The zero-order chi connectivity index (χ0) is 31.9. The minimum Gasteiger partial charge on any atom is -0.481 e. The fraction of sp³-hybridized carbons (Fsp3) is 0.447. The first kappa shape index (κ1) is 31.8. The summed E-state index contributed by atoms with van der Waals surface area (Å²) in [7, 11) is 0. The molecule has 6 rings (SSSR count). The number of carboxylic acid groups (broad SMARTS) is 1. The zero-order valence-corrected chi connectivity index (χ0v) is 26.8. The summed E-state index contributed by atoms with van der Waals surface area (Å²) in [6.07, 6.45) is 11.4. The van der Waals surface area contributed by atoms with Crippen molar-refractivity contribution >= 4 is 28.2 Å². The van der Waals surface area contributed by atoms with Crippen molar-refractivity contribution in [2.45, 2.75) is 64.5 Å². The molecule has 0 radical (unpaired) electrons. The van der Waals surface area contributed by atoms with Crippen molar-refractivity contribution in [3.05, 3.63) is 83.9 Å². The van der Waals surface area contributed by atoms with Crippen LogP contribution < -0.4 is 5.32 Å². The van der Waals surface area contributed by atoms with Crippen LogP contribution in [0.15, 0.2) is 67.3 Å². The molecule has 2 fully saturated rings. The Morgan fingerprint density at radius 1 is 0.978 bits per heavy atom. The van der Waals surface area contributed by atoms with E-state index in [4.69, 9.17) is 5.11 Å². The van der Waals surface area contributed by atoms with Crippen LogP contribution in [0.2, 0.25) is 0 Å². The molecule has 0 aliphatic carbocycles. The highest BCUT2D eigenvalue weighted by molar-refractivity contribution is 5.91. The second-order valence-corrected chi connectivity index (χ2v) is 13.0. The third-order valence-corrected chi connectivity index (χ3v) is 9.91. The fourth-order valence-corrected chi connectivity index (χ4v) is 7.04.